The van der Waals surface area contributed by atoms with E-state index in [0.717, 1.165) is 9.52 Å². The van der Waals surface area contributed by atoms with E-state index in [1.165, 1.54) is 66.1 Å². The first-order valence-electron chi connectivity index (χ1n) is 15.2. The predicted molar refractivity (Wildman–Crippen MR) is 197 cm³/mol. The van der Waals surface area contributed by atoms with Crippen molar-refractivity contribution in [1.82, 2.24) is 0 Å². The minimum atomic E-state index is -0.826. The molecule has 0 heterocycles. The molecule has 0 saturated carbocycles. The van der Waals surface area contributed by atoms with Crippen LogP contribution in [0.3, 0.4) is 0 Å². The van der Waals surface area contributed by atoms with E-state index in [1.807, 2.05) is 0 Å². The molecule has 0 aliphatic rings. The molecule has 0 unspecified atom stereocenters. The molecule has 226 valence electrons. The molecule has 4 heteroatoms. The average Bonchev–Trinajstić information content (AvgIpc) is 3.64. The Hall–Kier alpha value is -2.22. The first-order valence-corrected chi connectivity index (χ1v) is 23.5. The SMILES string of the molecule is C[Si]C.Cc1ccccc1-c1cccc2[cH-]c(C(C)C)cc12.Cc1ccccc1-c1cccc2[cH-]c(C(C)C)cc12.[Cl][Zr+2][Cl]. The van der Waals surface area contributed by atoms with E-state index in [9.17, 15) is 0 Å². The number of hydrogen-bond acceptors (Lipinski definition) is 0. The summed E-state index contributed by atoms with van der Waals surface area (Å²) in [5.41, 5.74) is 10.9. The Morgan fingerprint density at radius 3 is 1.18 bits per heavy atom. The molecule has 6 aromatic carbocycles. The van der Waals surface area contributed by atoms with Crippen LogP contribution in [0.2, 0.25) is 13.1 Å². The van der Waals surface area contributed by atoms with Gasteiger partial charge in [-0.25, -0.2) is 0 Å². The average molecular weight is 715 g/mol. The molecule has 2 radical (unpaired) electrons. The summed E-state index contributed by atoms with van der Waals surface area (Å²) in [7, 11) is 11.0. The molecule has 6 rings (SSSR count). The number of halogens is 2. The molecule has 0 N–H and O–H groups in total. The number of benzene rings is 4. The van der Waals surface area contributed by atoms with Gasteiger partial charge in [0.15, 0.2) is 0 Å². The number of fused-ring (bicyclic) bond motifs is 2. The Labute approximate surface area is 287 Å². The molecular weight excluding hydrogens is 671 g/mol. The van der Waals surface area contributed by atoms with Gasteiger partial charge in [0, 0.05) is 9.52 Å². The number of rotatable bonds is 4. The van der Waals surface area contributed by atoms with Crippen molar-refractivity contribution in [3.8, 4) is 22.3 Å². The molecule has 6 aromatic rings. The molecule has 0 fully saturated rings. The van der Waals surface area contributed by atoms with Crippen LogP contribution in [-0.4, -0.2) is 9.52 Å². The summed E-state index contributed by atoms with van der Waals surface area (Å²) in [4.78, 5) is 0. The Bertz CT molecular complexity index is 1610. The zero-order valence-corrected chi connectivity index (χ0v) is 32.3. The van der Waals surface area contributed by atoms with Crippen LogP contribution in [0.25, 0.3) is 43.8 Å². The summed E-state index contributed by atoms with van der Waals surface area (Å²) < 4.78 is 0. The molecule has 0 aromatic heterocycles. The van der Waals surface area contributed by atoms with Gasteiger partial charge in [-0.3, -0.25) is 0 Å². The summed E-state index contributed by atoms with van der Waals surface area (Å²) in [5.74, 6) is 1.16. The molecule has 0 saturated heterocycles. The van der Waals surface area contributed by atoms with Gasteiger partial charge in [0.2, 0.25) is 0 Å². The second-order valence-corrected chi connectivity index (χ2v) is 16.4. The minimum absolute atomic E-state index is 0.581. The van der Waals surface area contributed by atoms with E-state index in [0.29, 0.717) is 11.8 Å². The molecule has 0 aliphatic carbocycles. The van der Waals surface area contributed by atoms with Gasteiger partial charge in [0.1, 0.15) is 0 Å². The fraction of sp³-hybridized carbons (Fsp3) is 0.250. The van der Waals surface area contributed by atoms with E-state index < -0.39 is 20.8 Å². The van der Waals surface area contributed by atoms with Gasteiger partial charge in [-0.2, -0.15) is 12.1 Å². The Balaban J connectivity index is 0.000000204. The van der Waals surface area contributed by atoms with Crippen molar-refractivity contribution in [2.45, 2.75) is 66.5 Å². The van der Waals surface area contributed by atoms with Gasteiger partial charge in [-0.05, 0) is 47.9 Å². The van der Waals surface area contributed by atoms with E-state index in [1.54, 1.807) is 0 Å². The van der Waals surface area contributed by atoms with Crippen LogP contribution in [-0.2, 0) is 20.8 Å². The van der Waals surface area contributed by atoms with E-state index in [-0.39, 0.29) is 0 Å². The molecular formula is C40H44Cl2SiZr. The summed E-state index contributed by atoms with van der Waals surface area (Å²) >= 11 is -0.826. The van der Waals surface area contributed by atoms with Gasteiger partial charge < -0.3 is 0 Å². The van der Waals surface area contributed by atoms with E-state index in [4.69, 9.17) is 17.0 Å². The van der Waals surface area contributed by atoms with Crippen LogP contribution in [0.15, 0.2) is 109 Å². The third-order valence-corrected chi connectivity index (χ3v) is 7.75. The standard InChI is InChI=1S/2C19H19.C2H6Si.2ClH.Zr/c2*1-13(2)16-11-15-8-6-10-18(19(15)12-16)17-9-5-4-7-14(17)3;1-3-2;;;/h2*4-13H,1-3H3;1-2H3;2*1H;/q2*-1;;;;+4/p-2. The van der Waals surface area contributed by atoms with Crippen LogP contribution >= 0.6 is 17.0 Å². The van der Waals surface area contributed by atoms with Crippen LogP contribution in [0, 0.1) is 13.8 Å². The van der Waals surface area contributed by atoms with Crippen molar-refractivity contribution in [2.24, 2.45) is 0 Å². The molecule has 0 bridgehead atoms. The monoisotopic (exact) mass is 712 g/mol. The third kappa shape index (κ3) is 9.40. The van der Waals surface area contributed by atoms with Crippen molar-refractivity contribution in [3.05, 3.63) is 131 Å². The summed E-state index contributed by atoms with van der Waals surface area (Å²) in [6.07, 6.45) is 0. The summed E-state index contributed by atoms with van der Waals surface area (Å²) in [5, 5.41) is 5.45. The molecule has 0 aliphatic heterocycles. The Kier molecular flexibility index (Phi) is 14.9. The van der Waals surface area contributed by atoms with Crippen LogP contribution in [0.5, 0.6) is 0 Å². The number of aryl methyl sites for hydroxylation is 2. The maximum atomic E-state index is 4.93. The van der Waals surface area contributed by atoms with Crippen molar-refractivity contribution in [3.63, 3.8) is 0 Å². The van der Waals surface area contributed by atoms with Crippen molar-refractivity contribution in [1.29, 1.82) is 0 Å². The zero-order chi connectivity index (χ0) is 32.2. The van der Waals surface area contributed by atoms with Crippen molar-refractivity contribution in [2.75, 3.05) is 0 Å². The second kappa shape index (κ2) is 18.1. The quantitative estimate of drug-likeness (QED) is 0.126. The van der Waals surface area contributed by atoms with Gasteiger partial charge in [0.05, 0.1) is 0 Å². The van der Waals surface area contributed by atoms with Crippen molar-refractivity contribution >= 4 is 48.1 Å². The maximum absolute atomic E-state index is 4.93. The summed E-state index contributed by atoms with van der Waals surface area (Å²) in [6, 6.07) is 39.8. The molecule has 0 atom stereocenters. The van der Waals surface area contributed by atoms with E-state index in [2.05, 4.69) is 164 Å². The topological polar surface area (TPSA) is 0 Å². The fourth-order valence-electron chi connectivity index (χ4n) is 5.40. The predicted octanol–water partition coefficient (Wildman–Crippen LogP) is 13.5. The van der Waals surface area contributed by atoms with E-state index >= 15 is 0 Å². The number of hydrogen-bond donors (Lipinski definition) is 0. The summed E-state index contributed by atoms with van der Waals surface area (Å²) in [6.45, 7) is 17.7. The third-order valence-electron chi connectivity index (χ3n) is 7.75. The zero-order valence-electron chi connectivity index (χ0n) is 27.3. The second-order valence-electron chi connectivity index (χ2n) is 11.7. The molecule has 0 amide bonds. The molecule has 0 spiro atoms. The van der Waals surface area contributed by atoms with Crippen LogP contribution in [0.4, 0.5) is 0 Å². The fourth-order valence-corrected chi connectivity index (χ4v) is 5.40. The Morgan fingerprint density at radius 1 is 0.545 bits per heavy atom. The van der Waals surface area contributed by atoms with Gasteiger partial charge in [-0.1, -0.05) is 113 Å². The Morgan fingerprint density at radius 2 is 0.864 bits per heavy atom. The first-order chi connectivity index (χ1) is 21.2. The van der Waals surface area contributed by atoms with Crippen LogP contribution in [0.1, 0.15) is 61.8 Å². The molecule has 0 nitrogen and oxygen atoms in total. The normalized spacial score (nSPS) is 10.5. The van der Waals surface area contributed by atoms with Gasteiger partial charge >= 0.3 is 37.9 Å². The molecule has 44 heavy (non-hydrogen) atoms. The van der Waals surface area contributed by atoms with Crippen LogP contribution < -0.4 is 0 Å². The van der Waals surface area contributed by atoms with Gasteiger partial charge in [0.25, 0.3) is 0 Å². The first kappa shape index (κ1) is 36.3. The van der Waals surface area contributed by atoms with Crippen molar-refractivity contribution < 1.29 is 20.8 Å². The van der Waals surface area contributed by atoms with Gasteiger partial charge in [-0.15, -0.1) is 69.1 Å².